The van der Waals surface area contributed by atoms with Crippen LogP contribution in [0.1, 0.15) is 6.92 Å². The Kier molecular flexibility index (Phi) is 3.87. The van der Waals surface area contributed by atoms with Crippen LogP contribution in [0.4, 0.5) is 0 Å². The Labute approximate surface area is 104 Å². The van der Waals surface area contributed by atoms with Crippen molar-refractivity contribution in [3.05, 3.63) is 54.6 Å². The summed E-state index contributed by atoms with van der Waals surface area (Å²) in [5, 5.41) is 0. The SMILES string of the molecule is CCB(c1ccccc1)c1cccc(OC)c1. The molecule has 0 saturated carbocycles. The summed E-state index contributed by atoms with van der Waals surface area (Å²) in [6.45, 7) is 2.67. The second-order valence-electron chi connectivity index (χ2n) is 4.15. The minimum absolute atomic E-state index is 0.450. The highest BCUT2D eigenvalue weighted by atomic mass is 16.5. The van der Waals surface area contributed by atoms with E-state index in [1.54, 1.807) is 7.11 Å². The van der Waals surface area contributed by atoms with Gasteiger partial charge in [-0.15, -0.1) is 0 Å². The molecule has 0 N–H and O–H groups in total. The quantitative estimate of drug-likeness (QED) is 0.724. The zero-order valence-electron chi connectivity index (χ0n) is 10.4. The zero-order valence-corrected chi connectivity index (χ0v) is 10.4. The normalized spacial score (nSPS) is 10.0. The number of hydrogen-bond donors (Lipinski definition) is 0. The second-order valence-corrected chi connectivity index (χ2v) is 4.15. The maximum atomic E-state index is 5.29. The molecular weight excluding hydrogens is 207 g/mol. The van der Waals surface area contributed by atoms with E-state index in [1.807, 2.05) is 6.07 Å². The van der Waals surface area contributed by atoms with Gasteiger partial charge in [-0.2, -0.15) is 0 Å². The maximum Gasteiger partial charge on any atom is 0.209 e. The average molecular weight is 224 g/mol. The molecule has 17 heavy (non-hydrogen) atoms. The van der Waals surface area contributed by atoms with E-state index < -0.39 is 0 Å². The van der Waals surface area contributed by atoms with E-state index in [0.29, 0.717) is 6.71 Å². The standard InChI is InChI=1S/C15H17BO/c1-3-16(13-8-5-4-6-9-13)14-10-7-11-15(12-14)17-2/h4-12H,3H2,1-2H3. The van der Waals surface area contributed by atoms with Crippen LogP contribution in [0.5, 0.6) is 5.75 Å². The predicted molar refractivity (Wildman–Crippen MR) is 74.9 cm³/mol. The Hall–Kier alpha value is -1.70. The molecule has 0 aliphatic rings. The Morgan fingerprint density at radius 1 is 0.941 bits per heavy atom. The van der Waals surface area contributed by atoms with Crippen molar-refractivity contribution in [2.24, 2.45) is 0 Å². The van der Waals surface area contributed by atoms with Gasteiger partial charge < -0.3 is 4.74 Å². The topological polar surface area (TPSA) is 9.23 Å². The second kappa shape index (κ2) is 5.58. The molecule has 2 heteroatoms. The lowest BCUT2D eigenvalue weighted by Crippen LogP contribution is -2.41. The van der Waals surface area contributed by atoms with Gasteiger partial charge >= 0.3 is 0 Å². The first-order valence-electron chi connectivity index (χ1n) is 6.04. The lowest BCUT2D eigenvalue weighted by Gasteiger charge is -2.13. The third-order valence-corrected chi connectivity index (χ3v) is 3.11. The third kappa shape index (κ3) is 2.70. The first kappa shape index (κ1) is 11.8. The smallest absolute Gasteiger partial charge is 0.209 e. The van der Waals surface area contributed by atoms with Crippen LogP contribution in [0.2, 0.25) is 6.32 Å². The molecule has 0 aliphatic heterocycles. The van der Waals surface area contributed by atoms with E-state index in [9.17, 15) is 0 Å². The van der Waals surface area contributed by atoms with E-state index in [2.05, 4.69) is 55.5 Å². The van der Waals surface area contributed by atoms with Crippen molar-refractivity contribution in [3.8, 4) is 5.75 Å². The Balaban J connectivity index is 2.35. The first-order chi connectivity index (χ1) is 8.35. The molecule has 0 unspecified atom stereocenters. The van der Waals surface area contributed by atoms with Crippen LogP contribution < -0.4 is 15.7 Å². The maximum absolute atomic E-state index is 5.29. The fourth-order valence-electron chi connectivity index (χ4n) is 2.21. The van der Waals surface area contributed by atoms with Crippen LogP contribution in [0, 0.1) is 0 Å². The van der Waals surface area contributed by atoms with E-state index in [-0.39, 0.29) is 0 Å². The number of hydrogen-bond acceptors (Lipinski definition) is 1. The lowest BCUT2D eigenvalue weighted by molar-refractivity contribution is 0.415. The molecule has 0 atom stereocenters. The Morgan fingerprint density at radius 3 is 2.29 bits per heavy atom. The highest BCUT2D eigenvalue weighted by Crippen LogP contribution is 2.07. The van der Waals surface area contributed by atoms with Crippen molar-refractivity contribution < 1.29 is 4.74 Å². The number of methoxy groups -OCH3 is 1. The van der Waals surface area contributed by atoms with Crippen LogP contribution >= 0.6 is 0 Å². The summed E-state index contributed by atoms with van der Waals surface area (Å²) >= 11 is 0. The van der Waals surface area contributed by atoms with Gasteiger partial charge in [0.1, 0.15) is 5.75 Å². The lowest BCUT2D eigenvalue weighted by atomic mass is 9.39. The summed E-state index contributed by atoms with van der Waals surface area (Å²) in [6, 6.07) is 19.0. The van der Waals surface area contributed by atoms with Gasteiger partial charge in [0.15, 0.2) is 0 Å². The third-order valence-electron chi connectivity index (χ3n) is 3.11. The molecule has 0 amide bonds. The van der Waals surface area contributed by atoms with Crippen LogP contribution in [0.15, 0.2) is 54.6 Å². The van der Waals surface area contributed by atoms with Crippen molar-refractivity contribution in [3.63, 3.8) is 0 Å². The van der Waals surface area contributed by atoms with Gasteiger partial charge in [-0.3, -0.25) is 0 Å². The molecule has 0 saturated heterocycles. The molecular formula is C15H17BO. The van der Waals surface area contributed by atoms with Crippen LogP contribution in [0.25, 0.3) is 0 Å². The molecule has 0 aromatic heterocycles. The summed E-state index contributed by atoms with van der Waals surface area (Å²) in [6.07, 6.45) is 1.09. The van der Waals surface area contributed by atoms with Gasteiger partial charge in [-0.25, -0.2) is 0 Å². The Bertz CT molecular complexity index is 467. The zero-order chi connectivity index (χ0) is 12.1. The van der Waals surface area contributed by atoms with Gasteiger partial charge in [0, 0.05) is 0 Å². The molecule has 2 aromatic carbocycles. The molecule has 2 aromatic rings. The molecule has 1 nitrogen and oxygen atoms in total. The largest absolute Gasteiger partial charge is 0.497 e. The van der Waals surface area contributed by atoms with Gasteiger partial charge in [0.25, 0.3) is 0 Å². The molecule has 0 spiro atoms. The summed E-state index contributed by atoms with van der Waals surface area (Å²) < 4.78 is 5.29. The van der Waals surface area contributed by atoms with E-state index in [0.717, 1.165) is 12.1 Å². The molecule has 86 valence electrons. The van der Waals surface area contributed by atoms with Crippen LogP contribution in [-0.2, 0) is 0 Å². The first-order valence-corrected chi connectivity index (χ1v) is 6.04. The van der Waals surface area contributed by atoms with Crippen molar-refractivity contribution in [1.29, 1.82) is 0 Å². The van der Waals surface area contributed by atoms with E-state index in [1.165, 1.54) is 10.9 Å². The van der Waals surface area contributed by atoms with Crippen molar-refractivity contribution >= 4 is 17.6 Å². The summed E-state index contributed by atoms with van der Waals surface area (Å²) in [7, 11) is 1.71. The molecule has 0 fully saturated rings. The van der Waals surface area contributed by atoms with Gasteiger partial charge in [0.05, 0.1) is 7.11 Å². The molecule has 0 bridgehead atoms. The highest BCUT2D eigenvalue weighted by Gasteiger charge is 2.16. The van der Waals surface area contributed by atoms with Gasteiger partial charge in [0.2, 0.25) is 6.71 Å². The summed E-state index contributed by atoms with van der Waals surface area (Å²) in [5.41, 5.74) is 2.68. The number of benzene rings is 2. The Morgan fingerprint density at radius 2 is 1.65 bits per heavy atom. The average Bonchev–Trinajstić information content (AvgIpc) is 2.41. The monoisotopic (exact) mass is 224 g/mol. The van der Waals surface area contributed by atoms with Gasteiger partial charge in [-0.1, -0.05) is 66.6 Å². The van der Waals surface area contributed by atoms with Crippen molar-refractivity contribution in [2.45, 2.75) is 13.2 Å². The summed E-state index contributed by atoms with van der Waals surface area (Å²) in [5.74, 6) is 0.928. The number of ether oxygens (including phenoxy) is 1. The minimum atomic E-state index is 0.450. The molecule has 0 heterocycles. The van der Waals surface area contributed by atoms with Crippen molar-refractivity contribution in [1.82, 2.24) is 0 Å². The van der Waals surface area contributed by atoms with Gasteiger partial charge in [-0.05, 0) is 12.1 Å². The predicted octanol–water partition coefficient (Wildman–Crippen LogP) is 2.32. The van der Waals surface area contributed by atoms with E-state index in [4.69, 9.17) is 4.74 Å². The molecule has 0 aliphatic carbocycles. The fraction of sp³-hybridized carbons (Fsp3) is 0.200. The minimum Gasteiger partial charge on any atom is -0.497 e. The summed E-state index contributed by atoms with van der Waals surface area (Å²) in [4.78, 5) is 0. The van der Waals surface area contributed by atoms with Crippen LogP contribution in [0.3, 0.4) is 0 Å². The molecule has 0 radical (unpaired) electrons. The molecule has 2 rings (SSSR count). The van der Waals surface area contributed by atoms with Crippen LogP contribution in [-0.4, -0.2) is 13.8 Å². The fourth-order valence-corrected chi connectivity index (χ4v) is 2.21. The number of rotatable bonds is 4. The van der Waals surface area contributed by atoms with E-state index >= 15 is 0 Å². The highest BCUT2D eigenvalue weighted by molar-refractivity contribution is 6.85. The van der Waals surface area contributed by atoms with Crippen molar-refractivity contribution in [2.75, 3.05) is 7.11 Å².